The molecule has 0 spiro atoms. The third kappa shape index (κ3) is 3.86. The van der Waals surface area contributed by atoms with Crippen molar-refractivity contribution < 1.29 is 18.3 Å². The number of nitrogens with one attached hydrogen (secondary N) is 1. The van der Waals surface area contributed by atoms with Crippen LogP contribution in [0.5, 0.6) is 0 Å². The van der Waals surface area contributed by atoms with Gasteiger partial charge in [0, 0.05) is 13.7 Å². The number of benzene rings is 2. The van der Waals surface area contributed by atoms with Gasteiger partial charge in [-0.3, -0.25) is 4.79 Å². The maximum absolute atomic E-state index is 13.5. The summed E-state index contributed by atoms with van der Waals surface area (Å²) in [4.78, 5) is 11.9. The highest BCUT2D eigenvalue weighted by Gasteiger charge is 2.14. The molecule has 0 aliphatic rings. The van der Waals surface area contributed by atoms with Gasteiger partial charge in [-0.15, -0.1) is 0 Å². The van der Waals surface area contributed by atoms with Gasteiger partial charge in [0.2, 0.25) is 0 Å². The summed E-state index contributed by atoms with van der Waals surface area (Å²) >= 11 is 0. The highest BCUT2D eigenvalue weighted by Crippen LogP contribution is 2.12. The van der Waals surface area contributed by atoms with Gasteiger partial charge in [0.05, 0.1) is 12.2 Å². The molecule has 0 fully saturated rings. The molecule has 0 aliphatic carbocycles. The topological polar surface area (TPSA) is 38.3 Å². The number of hydrogen-bond donors (Lipinski definition) is 1. The lowest BCUT2D eigenvalue weighted by atomic mass is 10.1. The lowest BCUT2D eigenvalue weighted by Gasteiger charge is -2.08. The molecule has 2 aromatic rings. The lowest BCUT2D eigenvalue weighted by molar-refractivity contribution is 0.0946. The fourth-order valence-corrected chi connectivity index (χ4v) is 1.95. The van der Waals surface area contributed by atoms with Crippen molar-refractivity contribution in [3.8, 4) is 0 Å². The summed E-state index contributed by atoms with van der Waals surface area (Å²) in [5, 5.41) is 2.57. The fourth-order valence-electron chi connectivity index (χ4n) is 1.95. The normalized spacial score (nSPS) is 10.4. The lowest BCUT2D eigenvalue weighted by Crippen LogP contribution is -2.24. The molecule has 110 valence electrons. The van der Waals surface area contributed by atoms with Crippen LogP contribution in [0, 0.1) is 11.6 Å². The second kappa shape index (κ2) is 6.95. The number of carbonyl (C=O) groups excluding carboxylic acids is 1. The third-order valence-electron chi connectivity index (χ3n) is 2.95. The molecular weight excluding hydrogens is 276 g/mol. The zero-order chi connectivity index (χ0) is 15.2. The molecule has 0 bridgehead atoms. The minimum Gasteiger partial charge on any atom is -0.380 e. The van der Waals surface area contributed by atoms with E-state index in [9.17, 15) is 13.6 Å². The number of ether oxygens (including phenoxy) is 1. The fraction of sp³-hybridized carbons (Fsp3) is 0.188. The van der Waals surface area contributed by atoms with Gasteiger partial charge < -0.3 is 10.1 Å². The largest absolute Gasteiger partial charge is 0.380 e. The molecule has 0 unspecified atom stereocenters. The molecule has 0 atom stereocenters. The zero-order valence-electron chi connectivity index (χ0n) is 11.5. The Kier molecular flexibility index (Phi) is 5.00. The van der Waals surface area contributed by atoms with Crippen molar-refractivity contribution >= 4 is 5.91 Å². The Bertz CT molecular complexity index is 644. The predicted molar refractivity (Wildman–Crippen MR) is 74.7 cm³/mol. The zero-order valence-corrected chi connectivity index (χ0v) is 11.5. The van der Waals surface area contributed by atoms with Crippen LogP contribution >= 0.6 is 0 Å². The Hall–Kier alpha value is -2.27. The molecule has 5 heteroatoms. The second-order valence-electron chi connectivity index (χ2n) is 4.54. The SMILES string of the molecule is COCc1cccc(CNC(=O)c2cccc(F)c2F)c1. The first-order valence-electron chi connectivity index (χ1n) is 6.41. The summed E-state index contributed by atoms with van der Waals surface area (Å²) in [6.07, 6.45) is 0. The molecule has 0 heterocycles. The van der Waals surface area contributed by atoms with Gasteiger partial charge in [-0.2, -0.15) is 0 Å². The van der Waals surface area contributed by atoms with Crippen molar-refractivity contribution in [2.24, 2.45) is 0 Å². The Morgan fingerprint density at radius 3 is 2.62 bits per heavy atom. The van der Waals surface area contributed by atoms with E-state index in [0.717, 1.165) is 17.2 Å². The van der Waals surface area contributed by atoms with Crippen LogP contribution in [0.1, 0.15) is 21.5 Å². The first kappa shape index (κ1) is 15.1. The van der Waals surface area contributed by atoms with Crippen LogP contribution in [0.15, 0.2) is 42.5 Å². The van der Waals surface area contributed by atoms with Crippen LogP contribution in [0.4, 0.5) is 8.78 Å². The van der Waals surface area contributed by atoms with Crippen molar-refractivity contribution in [2.45, 2.75) is 13.2 Å². The minimum absolute atomic E-state index is 0.229. The van der Waals surface area contributed by atoms with Gasteiger partial charge in [0.1, 0.15) is 0 Å². The highest BCUT2D eigenvalue weighted by atomic mass is 19.2. The Labute approximate surface area is 121 Å². The number of hydrogen-bond acceptors (Lipinski definition) is 2. The summed E-state index contributed by atoms with van der Waals surface area (Å²) in [6.45, 7) is 0.701. The van der Waals surface area contributed by atoms with E-state index >= 15 is 0 Å². The molecule has 0 aromatic heterocycles. The monoisotopic (exact) mass is 291 g/mol. The first-order chi connectivity index (χ1) is 10.1. The van der Waals surface area contributed by atoms with E-state index in [0.29, 0.717) is 6.61 Å². The summed E-state index contributed by atoms with van der Waals surface area (Å²) in [5.41, 5.74) is 1.53. The number of rotatable bonds is 5. The van der Waals surface area contributed by atoms with Crippen LogP contribution in [-0.4, -0.2) is 13.0 Å². The van der Waals surface area contributed by atoms with E-state index < -0.39 is 17.5 Å². The molecule has 1 N–H and O–H groups in total. The average Bonchev–Trinajstić information content (AvgIpc) is 2.48. The van der Waals surface area contributed by atoms with Gasteiger partial charge >= 0.3 is 0 Å². The number of halogens is 2. The summed E-state index contributed by atoms with van der Waals surface area (Å²) in [5.74, 6) is -2.82. The smallest absolute Gasteiger partial charge is 0.254 e. The molecule has 0 saturated carbocycles. The van der Waals surface area contributed by atoms with Crippen LogP contribution < -0.4 is 5.32 Å². The standard InChI is InChI=1S/C16H15F2NO2/c1-21-10-12-5-2-4-11(8-12)9-19-16(20)13-6-3-7-14(17)15(13)18/h2-8H,9-10H2,1H3,(H,19,20). The molecule has 3 nitrogen and oxygen atoms in total. The Morgan fingerprint density at radius 2 is 1.86 bits per heavy atom. The number of carbonyl (C=O) groups is 1. The number of methoxy groups -OCH3 is 1. The van der Waals surface area contributed by atoms with Crippen molar-refractivity contribution in [3.63, 3.8) is 0 Å². The van der Waals surface area contributed by atoms with E-state index in [1.165, 1.54) is 12.1 Å². The van der Waals surface area contributed by atoms with Crippen molar-refractivity contribution in [3.05, 3.63) is 70.8 Å². The summed E-state index contributed by atoms with van der Waals surface area (Å²) in [6, 6.07) is 11.0. The van der Waals surface area contributed by atoms with Crippen LogP contribution in [0.2, 0.25) is 0 Å². The molecule has 0 saturated heterocycles. The predicted octanol–water partition coefficient (Wildman–Crippen LogP) is 3.04. The maximum Gasteiger partial charge on any atom is 0.254 e. The van der Waals surface area contributed by atoms with Crippen molar-refractivity contribution in [1.82, 2.24) is 5.32 Å². The van der Waals surface area contributed by atoms with E-state index in [-0.39, 0.29) is 12.1 Å². The van der Waals surface area contributed by atoms with Crippen LogP contribution in [0.25, 0.3) is 0 Å². The second-order valence-corrected chi connectivity index (χ2v) is 4.54. The van der Waals surface area contributed by atoms with Crippen LogP contribution in [-0.2, 0) is 17.9 Å². The van der Waals surface area contributed by atoms with Gasteiger partial charge in [-0.25, -0.2) is 8.78 Å². The molecule has 2 aromatic carbocycles. The van der Waals surface area contributed by atoms with Crippen LogP contribution in [0.3, 0.4) is 0 Å². The van der Waals surface area contributed by atoms with E-state index in [1.807, 2.05) is 24.3 Å². The van der Waals surface area contributed by atoms with Crippen molar-refractivity contribution in [2.75, 3.05) is 7.11 Å². The van der Waals surface area contributed by atoms with E-state index in [4.69, 9.17) is 4.74 Å². The molecule has 1 amide bonds. The molecule has 21 heavy (non-hydrogen) atoms. The number of amides is 1. The molecule has 2 rings (SSSR count). The van der Waals surface area contributed by atoms with E-state index in [2.05, 4.69) is 5.32 Å². The first-order valence-corrected chi connectivity index (χ1v) is 6.41. The molecule has 0 aliphatic heterocycles. The molecule has 0 radical (unpaired) electrons. The van der Waals surface area contributed by atoms with Gasteiger partial charge in [-0.05, 0) is 23.3 Å². The Morgan fingerprint density at radius 1 is 1.14 bits per heavy atom. The summed E-state index contributed by atoms with van der Waals surface area (Å²) in [7, 11) is 1.60. The maximum atomic E-state index is 13.5. The minimum atomic E-state index is -1.14. The Balaban J connectivity index is 2.04. The van der Waals surface area contributed by atoms with Gasteiger partial charge in [-0.1, -0.05) is 30.3 Å². The summed E-state index contributed by atoms with van der Waals surface area (Å²) < 4.78 is 31.6. The molecular formula is C16H15F2NO2. The van der Waals surface area contributed by atoms with Gasteiger partial charge in [0.25, 0.3) is 5.91 Å². The highest BCUT2D eigenvalue weighted by molar-refractivity contribution is 5.94. The third-order valence-corrected chi connectivity index (χ3v) is 2.95. The van der Waals surface area contributed by atoms with Gasteiger partial charge in [0.15, 0.2) is 11.6 Å². The van der Waals surface area contributed by atoms with Crippen molar-refractivity contribution in [1.29, 1.82) is 0 Å². The average molecular weight is 291 g/mol. The quantitative estimate of drug-likeness (QED) is 0.919. The van der Waals surface area contributed by atoms with E-state index in [1.54, 1.807) is 7.11 Å².